The van der Waals surface area contributed by atoms with Crippen LogP contribution in [0.25, 0.3) is 0 Å². The molecule has 0 N–H and O–H groups in total. The Morgan fingerprint density at radius 1 is 1.19 bits per heavy atom. The van der Waals surface area contributed by atoms with Crippen molar-refractivity contribution in [1.29, 1.82) is 0 Å². The van der Waals surface area contributed by atoms with E-state index in [2.05, 4.69) is 5.10 Å². The Bertz CT molecular complexity index is 583. The molecule has 6 heteroatoms. The van der Waals surface area contributed by atoms with Gasteiger partial charge in [0.25, 0.3) is 5.56 Å². The number of Topliss-reactive ketones (excluding diaryl/α,β-unsaturated/α-hetero) is 1. The van der Waals surface area contributed by atoms with Crippen LogP contribution >= 0.6 is 11.6 Å². The van der Waals surface area contributed by atoms with E-state index in [1.54, 1.807) is 6.20 Å². The van der Waals surface area contributed by atoms with Gasteiger partial charge in [-0.2, -0.15) is 9.78 Å². The number of ether oxygens (including phenoxy) is 1. The second-order valence-corrected chi connectivity index (χ2v) is 6.18. The van der Waals surface area contributed by atoms with Gasteiger partial charge in [-0.1, -0.05) is 11.6 Å². The van der Waals surface area contributed by atoms with Gasteiger partial charge in [0, 0.05) is 19.4 Å². The quantitative estimate of drug-likeness (QED) is 0.842. The second-order valence-electron chi connectivity index (χ2n) is 5.80. The van der Waals surface area contributed by atoms with E-state index in [-0.39, 0.29) is 22.7 Å². The Labute approximate surface area is 128 Å². The van der Waals surface area contributed by atoms with E-state index in [0.717, 1.165) is 37.7 Å². The molecule has 1 saturated carbocycles. The maximum Gasteiger partial charge on any atom is 0.288 e. The highest BCUT2D eigenvalue weighted by atomic mass is 35.5. The number of halogens is 1. The molecule has 1 aliphatic heterocycles. The lowest BCUT2D eigenvalue weighted by Crippen LogP contribution is -2.32. The van der Waals surface area contributed by atoms with Crippen molar-refractivity contribution >= 4 is 17.4 Å². The topological polar surface area (TPSA) is 61.2 Å². The first-order chi connectivity index (χ1) is 10.2. The molecule has 1 unspecified atom stereocenters. The molecule has 3 rings (SSSR count). The Morgan fingerprint density at radius 2 is 1.95 bits per heavy atom. The van der Waals surface area contributed by atoms with Crippen molar-refractivity contribution in [2.45, 2.75) is 57.1 Å². The first-order valence-corrected chi connectivity index (χ1v) is 7.95. The normalized spacial score (nSPS) is 24.2. The van der Waals surface area contributed by atoms with E-state index in [1.165, 1.54) is 4.68 Å². The number of ketones is 1. The molecular weight excluding hydrogens is 292 g/mol. The first kappa shape index (κ1) is 14.7. The van der Waals surface area contributed by atoms with Crippen molar-refractivity contribution in [3.8, 4) is 0 Å². The molecule has 21 heavy (non-hydrogen) atoms. The van der Waals surface area contributed by atoms with Gasteiger partial charge < -0.3 is 4.74 Å². The summed E-state index contributed by atoms with van der Waals surface area (Å²) in [6.45, 7) is 0.656. The number of carbonyl (C=O) groups is 1. The molecule has 1 aromatic rings. The van der Waals surface area contributed by atoms with Crippen LogP contribution in [0.3, 0.4) is 0 Å². The van der Waals surface area contributed by atoms with Gasteiger partial charge in [0.15, 0.2) is 6.23 Å². The second kappa shape index (κ2) is 6.28. The van der Waals surface area contributed by atoms with Gasteiger partial charge in [-0.15, -0.1) is 0 Å². The van der Waals surface area contributed by atoms with Crippen LogP contribution in [-0.4, -0.2) is 22.2 Å². The minimum atomic E-state index is -0.300. The van der Waals surface area contributed by atoms with Crippen LogP contribution in [0.5, 0.6) is 0 Å². The standard InChI is InChI=1S/C15H19ClN2O3/c16-14-12(10-4-6-11(19)7-5-10)9-17-18(15(14)20)13-3-1-2-8-21-13/h9-10,13H,1-8H2. The van der Waals surface area contributed by atoms with Crippen LogP contribution < -0.4 is 5.56 Å². The predicted molar refractivity (Wildman–Crippen MR) is 78.6 cm³/mol. The van der Waals surface area contributed by atoms with E-state index in [0.29, 0.717) is 25.2 Å². The third-order valence-electron chi connectivity index (χ3n) is 4.38. The molecule has 1 saturated heterocycles. The molecule has 0 spiro atoms. The average Bonchev–Trinajstić information content (AvgIpc) is 2.52. The molecule has 0 amide bonds. The van der Waals surface area contributed by atoms with E-state index in [1.807, 2.05) is 0 Å². The largest absolute Gasteiger partial charge is 0.356 e. The summed E-state index contributed by atoms with van der Waals surface area (Å²) in [6.07, 6.45) is 6.86. The molecule has 0 bridgehead atoms. The van der Waals surface area contributed by atoms with Gasteiger partial charge in [-0.05, 0) is 43.6 Å². The Morgan fingerprint density at radius 3 is 2.62 bits per heavy atom. The SMILES string of the molecule is O=C1CCC(c2cnn(C3CCCCO3)c(=O)c2Cl)CC1. The average molecular weight is 311 g/mol. The molecule has 2 heterocycles. The molecule has 1 atom stereocenters. The monoisotopic (exact) mass is 310 g/mol. The van der Waals surface area contributed by atoms with Crippen LogP contribution in [-0.2, 0) is 9.53 Å². The number of rotatable bonds is 2. The summed E-state index contributed by atoms with van der Waals surface area (Å²) in [5.41, 5.74) is 0.499. The molecule has 2 fully saturated rings. The zero-order valence-corrected chi connectivity index (χ0v) is 12.6. The van der Waals surface area contributed by atoms with Gasteiger partial charge >= 0.3 is 0 Å². The Kier molecular flexibility index (Phi) is 4.40. The zero-order valence-electron chi connectivity index (χ0n) is 11.9. The summed E-state index contributed by atoms with van der Waals surface area (Å²) in [5.74, 6) is 0.455. The molecular formula is C15H19ClN2O3. The fraction of sp³-hybridized carbons (Fsp3) is 0.667. The fourth-order valence-corrected chi connectivity index (χ4v) is 3.40. The van der Waals surface area contributed by atoms with Gasteiger partial charge in [-0.25, -0.2) is 0 Å². The van der Waals surface area contributed by atoms with Gasteiger partial charge in [-0.3, -0.25) is 9.59 Å². The molecule has 5 nitrogen and oxygen atoms in total. The van der Waals surface area contributed by atoms with Crippen molar-refractivity contribution in [1.82, 2.24) is 9.78 Å². The summed E-state index contributed by atoms with van der Waals surface area (Å²) in [5, 5.41) is 4.50. The molecule has 2 aliphatic rings. The van der Waals surface area contributed by atoms with Gasteiger partial charge in [0.05, 0.1) is 6.20 Å². The smallest absolute Gasteiger partial charge is 0.288 e. The number of hydrogen-bond donors (Lipinski definition) is 0. The van der Waals surface area contributed by atoms with Gasteiger partial charge in [0.2, 0.25) is 0 Å². The number of nitrogens with zero attached hydrogens (tertiary/aromatic N) is 2. The van der Waals surface area contributed by atoms with Crippen molar-refractivity contribution in [3.05, 3.63) is 27.1 Å². The summed E-state index contributed by atoms with van der Waals surface area (Å²) in [4.78, 5) is 23.7. The van der Waals surface area contributed by atoms with E-state index in [9.17, 15) is 9.59 Å². The number of carbonyl (C=O) groups excluding carboxylic acids is 1. The van der Waals surface area contributed by atoms with Crippen LogP contribution in [0.4, 0.5) is 0 Å². The molecule has 0 aromatic carbocycles. The third-order valence-corrected chi connectivity index (χ3v) is 4.76. The predicted octanol–water partition coefficient (Wildman–Crippen LogP) is 2.82. The highest BCUT2D eigenvalue weighted by molar-refractivity contribution is 6.31. The minimum absolute atomic E-state index is 0.164. The Balaban J connectivity index is 1.85. The summed E-state index contributed by atoms with van der Waals surface area (Å²) < 4.78 is 6.96. The highest BCUT2D eigenvalue weighted by Gasteiger charge is 2.26. The fourth-order valence-electron chi connectivity index (χ4n) is 3.11. The van der Waals surface area contributed by atoms with Crippen molar-refractivity contribution in [2.24, 2.45) is 0 Å². The van der Waals surface area contributed by atoms with Crippen LogP contribution in [0.2, 0.25) is 5.02 Å². The zero-order chi connectivity index (χ0) is 14.8. The number of aromatic nitrogens is 2. The lowest BCUT2D eigenvalue weighted by molar-refractivity contribution is -0.120. The van der Waals surface area contributed by atoms with Crippen molar-refractivity contribution < 1.29 is 9.53 Å². The summed E-state index contributed by atoms with van der Waals surface area (Å²) >= 11 is 6.27. The lowest BCUT2D eigenvalue weighted by atomic mass is 9.84. The third kappa shape index (κ3) is 3.04. The maximum absolute atomic E-state index is 12.4. The highest BCUT2D eigenvalue weighted by Crippen LogP contribution is 2.33. The minimum Gasteiger partial charge on any atom is -0.356 e. The molecule has 0 radical (unpaired) electrons. The van der Waals surface area contributed by atoms with Crippen molar-refractivity contribution in [3.63, 3.8) is 0 Å². The lowest BCUT2D eigenvalue weighted by Gasteiger charge is -2.25. The molecule has 114 valence electrons. The first-order valence-electron chi connectivity index (χ1n) is 7.57. The number of hydrogen-bond acceptors (Lipinski definition) is 4. The van der Waals surface area contributed by atoms with E-state index in [4.69, 9.17) is 16.3 Å². The molecule has 1 aliphatic carbocycles. The van der Waals surface area contributed by atoms with Crippen LogP contribution in [0.1, 0.15) is 62.7 Å². The van der Waals surface area contributed by atoms with Gasteiger partial charge in [0.1, 0.15) is 10.8 Å². The molecule has 1 aromatic heterocycles. The van der Waals surface area contributed by atoms with Crippen LogP contribution in [0, 0.1) is 0 Å². The summed E-state index contributed by atoms with van der Waals surface area (Å²) in [6, 6.07) is 0. The maximum atomic E-state index is 12.4. The van der Waals surface area contributed by atoms with Crippen molar-refractivity contribution in [2.75, 3.05) is 6.61 Å². The van der Waals surface area contributed by atoms with E-state index < -0.39 is 0 Å². The van der Waals surface area contributed by atoms with E-state index >= 15 is 0 Å². The van der Waals surface area contributed by atoms with Crippen LogP contribution in [0.15, 0.2) is 11.0 Å². The Hall–Kier alpha value is -1.20. The summed E-state index contributed by atoms with van der Waals surface area (Å²) in [7, 11) is 0.